The third kappa shape index (κ3) is 7.90. The van der Waals surface area contributed by atoms with E-state index >= 15 is 0 Å². The second-order valence-corrected chi connectivity index (χ2v) is 0.996. The molecule has 0 aliphatic carbocycles. The Morgan fingerprint density at radius 2 is 1.11 bits per heavy atom. The molecule has 0 radical (unpaired) electrons. The van der Waals surface area contributed by atoms with E-state index < -0.39 is 7.32 Å². The summed E-state index contributed by atoms with van der Waals surface area (Å²) < 4.78 is 13.8. The van der Waals surface area contributed by atoms with E-state index in [0.29, 0.717) is 0 Å². The average molecular weight is 136 g/mol. The quantitative estimate of drug-likeness (QED) is 0.532. The molecule has 0 spiro atoms. The summed E-state index contributed by atoms with van der Waals surface area (Å²) in [6.07, 6.45) is 0. The van der Waals surface area contributed by atoms with E-state index in [1.165, 1.54) is 21.3 Å². The summed E-state index contributed by atoms with van der Waals surface area (Å²) in [5.74, 6) is 0. The van der Waals surface area contributed by atoms with E-state index in [-0.39, 0.29) is 0 Å². The van der Waals surface area contributed by atoms with Gasteiger partial charge in [-0.2, -0.15) is 0 Å². The van der Waals surface area contributed by atoms with Gasteiger partial charge in [-0.1, -0.05) is 0 Å². The van der Waals surface area contributed by atoms with Crippen LogP contribution in [0.1, 0.15) is 0 Å². The van der Waals surface area contributed by atoms with Gasteiger partial charge in [0.2, 0.25) is 0 Å². The molecule has 0 saturated heterocycles. The molecule has 56 valence electrons. The monoisotopic (exact) mass is 136 g/mol. The lowest BCUT2D eigenvalue weighted by atomic mass is 10.2. The van der Waals surface area contributed by atoms with E-state index in [1.54, 1.807) is 0 Å². The number of hydrogen-bond donors (Lipinski definition) is 1. The Morgan fingerprint density at radius 1 is 0.889 bits per heavy atom. The molecule has 0 aliphatic heterocycles. The molecule has 0 atom stereocenters. The zero-order valence-electron chi connectivity index (χ0n) is 6.25. The highest BCUT2D eigenvalue weighted by Crippen LogP contribution is 1.81. The molecule has 0 heterocycles. The second kappa shape index (κ2) is 10.8. The van der Waals surface area contributed by atoms with Crippen molar-refractivity contribution in [2.75, 3.05) is 28.4 Å². The Kier molecular flexibility index (Phi) is 14.0. The van der Waals surface area contributed by atoms with Crippen molar-refractivity contribution >= 4 is 7.32 Å². The smallest absolute Gasteiger partial charge is 0.400 e. The standard InChI is InChI=1S/C3H9BO3.CH4O/c1-5-4(6-2)7-3;1-2/h1-3H3;2H,1H3. The average Bonchev–Trinajstić information content (AvgIpc) is 1.96. The van der Waals surface area contributed by atoms with Gasteiger partial charge in [-0.05, 0) is 0 Å². The summed E-state index contributed by atoms with van der Waals surface area (Å²) in [5, 5.41) is 7.00. The molecule has 0 aromatic heterocycles. The van der Waals surface area contributed by atoms with Crippen LogP contribution >= 0.6 is 0 Å². The Bertz CT molecular complexity index is 34.0. The van der Waals surface area contributed by atoms with Crippen molar-refractivity contribution in [2.24, 2.45) is 0 Å². The molecule has 0 aromatic rings. The van der Waals surface area contributed by atoms with Crippen molar-refractivity contribution in [3.63, 3.8) is 0 Å². The van der Waals surface area contributed by atoms with Crippen molar-refractivity contribution in [3.8, 4) is 0 Å². The maximum Gasteiger partial charge on any atom is 0.638 e. The van der Waals surface area contributed by atoms with Gasteiger partial charge in [0.1, 0.15) is 0 Å². The van der Waals surface area contributed by atoms with E-state index in [0.717, 1.165) is 7.11 Å². The van der Waals surface area contributed by atoms with E-state index in [9.17, 15) is 0 Å². The van der Waals surface area contributed by atoms with Gasteiger partial charge in [0, 0.05) is 28.4 Å². The number of aliphatic hydroxyl groups is 1. The summed E-state index contributed by atoms with van der Waals surface area (Å²) >= 11 is 0. The Morgan fingerprint density at radius 3 is 1.11 bits per heavy atom. The Hall–Kier alpha value is -0.0951. The molecule has 5 heteroatoms. The normalized spacial score (nSPS) is 7.67. The zero-order chi connectivity index (χ0) is 7.70. The molecule has 0 amide bonds. The Labute approximate surface area is 55.9 Å². The highest BCUT2D eigenvalue weighted by Gasteiger charge is 2.12. The van der Waals surface area contributed by atoms with Crippen LogP contribution in [-0.2, 0) is 14.0 Å². The highest BCUT2D eigenvalue weighted by atomic mass is 16.7. The van der Waals surface area contributed by atoms with Crippen molar-refractivity contribution < 1.29 is 19.1 Å². The molecule has 0 aliphatic rings. The van der Waals surface area contributed by atoms with Crippen LogP contribution < -0.4 is 0 Å². The van der Waals surface area contributed by atoms with E-state index in [1.807, 2.05) is 0 Å². The molecular formula is C4H13BO4. The van der Waals surface area contributed by atoms with Crippen LogP contribution in [0.15, 0.2) is 0 Å². The SMILES string of the molecule is CO.COB(OC)OC. The van der Waals surface area contributed by atoms with Gasteiger partial charge in [0.15, 0.2) is 0 Å². The minimum Gasteiger partial charge on any atom is -0.400 e. The van der Waals surface area contributed by atoms with Gasteiger partial charge < -0.3 is 19.1 Å². The first-order valence-corrected chi connectivity index (χ1v) is 2.38. The summed E-state index contributed by atoms with van der Waals surface area (Å²) in [6, 6.07) is 0. The molecule has 0 saturated carbocycles. The fraction of sp³-hybridized carbons (Fsp3) is 1.00. The number of hydrogen-bond acceptors (Lipinski definition) is 4. The molecule has 0 rings (SSSR count). The minimum atomic E-state index is -0.514. The first-order valence-electron chi connectivity index (χ1n) is 2.38. The topological polar surface area (TPSA) is 47.9 Å². The molecular weight excluding hydrogens is 123 g/mol. The minimum absolute atomic E-state index is 0.514. The lowest BCUT2D eigenvalue weighted by Crippen LogP contribution is -2.21. The first-order chi connectivity index (χ1) is 4.35. The fourth-order valence-electron chi connectivity index (χ4n) is 0.289. The highest BCUT2D eigenvalue weighted by molar-refractivity contribution is 6.36. The van der Waals surface area contributed by atoms with Crippen LogP contribution in [0.5, 0.6) is 0 Å². The van der Waals surface area contributed by atoms with Crippen LogP contribution in [0.3, 0.4) is 0 Å². The lowest BCUT2D eigenvalue weighted by molar-refractivity contribution is 0.163. The molecule has 0 fully saturated rings. The van der Waals surface area contributed by atoms with Crippen LogP contribution in [0.2, 0.25) is 0 Å². The van der Waals surface area contributed by atoms with Crippen molar-refractivity contribution in [2.45, 2.75) is 0 Å². The maximum atomic E-state index is 7.00. The summed E-state index contributed by atoms with van der Waals surface area (Å²) in [4.78, 5) is 0. The third-order valence-corrected chi connectivity index (χ3v) is 0.577. The van der Waals surface area contributed by atoms with Crippen LogP contribution in [0.25, 0.3) is 0 Å². The molecule has 0 aromatic carbocycles. The van der Waals surface area contributed by atoms with Crippen LogP contribution in [0, 0.1) is 0 Å². The number of rotatable bonds is 3. The van der Waals surface area contributed by atoms with Gasteiger partial charge in [0.05, 0.1) is 0 Å². The first kappa shape index (κ1) is 11.7. The largest absolute Gasteiger partial charge is 0.638 e. The molecule has 1 N–H and O–H groups in total. The van der Waals surface area contributed by atoms with Crippen molar-refractivity contribution in [3.05, 3.63) is 0 Å². The number of aliphatic hydroxyl groups excluding tert-OH is 1. The molecule has 0 unspecified atom stereocenters. The van der Waals surface area contributed by atoms with Gasteiger partial charge in [-0.15, -0.1) is 0 Å². The van der Waals surface area contributed by atoms with Gasteiger partial charge in [-0.25, -0.2) is 0 Å². The van der Waals surface area contributed by atoms with Gasteiger partial charge >= 0.3 is 7.32 Å². The lowest BCUT2D eigenvalue weighted by Gasteiger charge is -2.01. The van der Waals surface area contributed by atoms with Crippen LogP contribution in [0.4, 0.5) is 0 Å². The van der Waals surface area contributed by atoms with Crippen molar-refractivity contribution in [1.82, 2.24) is 0 Å². The fourth-order valence-corrected chi connectivity index (χ4v) is 0.289. The molecule has 4 nitrogen and oxygen atoms in total. The van der Waals surface area contributed by atoms with E-state index in [2.05, 4.69) is 14.0 Å². The van der Waals surface area contributed by atoms with Gasteiger partial charge in [0.25, 0.3) is 0 Å². The predicted molar refractivity (Wildman–Crippen MR) is 34.9 cm³/mol. The van der Waals surface area contributed by atoms with Gasteiger partial charge in [-0.3, -0.25) is 0 Å². The molecule has 0 bridgehead atoms. The maximum absolute atomic E-state index is 7.00. The van der Waals surface area contributed by atoms with Crippen molar-refractivity contribution in [1.29, 1.82) is 0 Å². The summed E-state index contributed by atoms with van der Waals surface area (Å²) in [5.41, 5.74) is 0. The predicted octanol–water partition coefficient (Wildman–Crippen LogP) is -0.481. The summed E-state index contributed by atoms with van der Waals surface area (Å²) in [6.45, 7) is 0. The molecule has 9 heavy (non-hydrogen) atoms. The third-order valence-electron chi connectivity index (χ3n) is 0.577. The van der Waals surface area contributed by atoms with Crippen LogP contribution in [-0.4, -0.2) is 40.9 Å². The second-order valence-electron chi connectivity index (χ2n) is 0.996. The summed E-state index contributed by atoms with van der Waals surface area (Å²) in [7, 11) is 5.02. The zero-order valence-corrected chi connectivity index (χ0v) is 6.25. The Balaban J connectivity index is 0. The van der Waals surface area contributed by atoms with E-state index in [4.69, 9.17) is 5.11 Å².